The maximum Gasteiger partial charge on any atom is 0.256 e. The van der Waals surface area contributed by atoms with Gasteiger partial charge in [0.25, 0.3) is 5.91 Å². The molecule has 2 aromatic carbocycles. The van der Waals surface area contributed by atoms with Crippen molar-refractivity contribution >= 4 is 51.9 Å². The quantitative estimate of drug-likeness (QED) is 0.226. The van der Waals surface area contributed by atoms with Gasteiger partial charge in [-0.05, 0) is 41.5 Å². The van der Waals surface area contributed by atoms with E-state index < -0.39 is 5.92 Å². The lowest BCUT2D eigenvalue weighted by Crippen LogP contribution is -2.54. The minimum atomic E-state index is -0.573. The van der Waals surface area contributed by atoms with Gasteiger partial charge in [0.05, 0.1) is 24.4 Å². The van der Waals surface area contributed by atoms with Crippen LogP contribution in [0.4, 0.5) is 0 Å². The second-order valence-corrected chi connectivity index (χ2v) is 13.3. The van der Waals surface area contributed by atoms with Crippen molar-refractivity contribution in [3.8, 4) is 0 Å². The molecule has 260 valence electrons. The van der Waals surface area contributed by atoms with Crippen molar-refractivity contribution in [1.29, 1.82) is 0 Å². The van der Waals surface area contributed by atoms with Crippen LogP contribution in [0.2, 0.25) is 5.02 Å². The fourth-order valence-corrected chi connectivity index (χ4v) is 7.10. The highest BCUT2D eigenvalue weighted by Crippen LogP contribution is 2.36. The predicted octanol–water partition coefficient (Wildman–Crippen LogP) is 3.75. The monoisotopic (exact) mass is 696 g/mol. The van der Waals surface area contributed by atoms with Gasteiger partial charge >= 0.3 is 0 Å². The molecular weight excluding hydrogens is 656 g/mol. The number of nitrogens with one attached hydrogen (secondary N) is 3. The second kappa shape index (κ2) is 15.5. The van der Waals surface area contributed by atoms with Crippen molar-refractivity contribution < 1.29 is 19.2 Å². The molecule has 0 bridgehead atoms. The number of carbonyl (C=O) groups excluding carboxylic acids is 4. The van der Waals surface area contributed by atoms with E-state index in [2.05, 4.69) is 62.8 Å². The number of fused-ring (bicyclic) bond motifs is 3. The molecule has 2 aliphatic rings. The fraction of sp³-hybridized carbons (Fsp3) is 0.351. The molecule has 5 aromatic rings. The summed E-state index contributed by atoms with van der Waals surface area (Å²) in [6.45, 7) is 3.45. The largest absolute Gasteiger partial charge is 0.361 e. The third kappa shape index (κ3) is 7.81. The van der Waals surface area contributed by atoms with Gasteiger partial charge in [-0.3, -0.25) is 23.6 Å². The van der Waals surface area contributed by atoms with Gasteiger partial charge in [-0.2, -0.15) is 0 Å². The lowest BCUT2D eigenvalue weighted by atomic mass is 9.79. The SMILES string of the molecule is CCCc1ccccc1.CNC(=O)CNC(=O)C1CN(C(=O)Cc2c[nH]c3cc(Cl)ccc23)CC2CN(C(=O)c3cnc4nccn4c3)CC21. The summed E-state index contributed by atoms with van der Waals surface area (Å²) in [7, 11) is 1.50. The van der Waals surface area contributed by atoms with Crippen molar-refractivity contribution in [1.82, 2.24) is 39.8 Å². The van der Waals surface area contributed by atoms with Gasteiger partial charge in [0.2, 0.25) is 23.5 Å². The summed E-state index contributed by atoms with van der Waals surface area (Å²) in [6, 6.07) is 16.1. The van der Waals surface area contributed by atoms with Gasteiger partial charge in [0, 0.05) is 80.1 Å². The molecule has 3 atom stereocenters. The molecule has 4 amide bonds. The van der Waals surface area contributed by atoms with E-state index in [-0.39, 0.29) is 55.0 Å². The normalized spacial score (nSPS) is 18.3. The molecule has 0 spiro atoms. The first-order valence-electron chi connectivity index (χ1n) is 16.9. The maximum absolute atomic E-state index is 13.6. The third-order valence-electron chi connectivity index (χ3n) is 9.50. The summed E-state index contributed by atoms with van der Waals surface area (Å²) in [5.41, 5.74) is 3.55. The zero-order chi connectivity index (χ0) is 35.2. The molecular formula is C37H41ClN8O4. The molecule has 3 N–H and O–H groups in total. The van der Waals surface area contributed by atoms with Crippen LogP contribution in [-0.2, 0) is 27.2 Å². The predicted molar refractivity (Wildman–Crippen MR) is 190 cm³/mol. The Morgan fingerprint density at radius 3 is 2.58 bits per heavy atom. The number of H-pyrrole nitrogens is 1. The Bertz CT molecular complexity index is 1990. The Morgan fingerprint density at radius 2 is 1.80 bits per heavy atom. The number of amides is 4. The number of hydrogen-bond acceptors (Lipinski definition) is 6. The first kappa shape index (κ1) is 34.6. The van der Waals surface area contributed by atoms with E-state index in [1.807, 2.05) is 12.1 Å². The average Bonchev–Trinajstić information content (AvgIpc) is 3.88. The average molecular weight is 697 g/mol. The summed E-state index contributed by atoms with van der Waals surface area (Å²) in [6.07, 6.45) is 10.9. The summed E-state index contributed by atoms with van der Waals surface area (Å²) < 4.78 is 1.68. The van der Waals surface area contributed by atoms with Crippen molar-refractivity contribution in [3.63, 3.8) is 0 Å². The topological polar surface area (TPSA) is 145 Å². The number of carbonyl (C=O) groups is 4. The fourth-order valence-electron chi connectivity index (χ4n) is 6.93. The van der Waals surface area contributed by atoms with E-state index in [0.29, 0.717) is 36.0 Å². The number of aromatic nitrogens is 4. The number of benzene rings is 2. The zero-order valence-electron chi connectivity index (χ0n) is 28.1. The van der Waals surface area contributed by atoms with E-state index in [0.717, 1.165) is 16.5 Å². The second-order valence-electron chi connectivity index (χ2n) is 12.8. The molecule has 7 rings (SSSR count). The van der Waals surface area contributed by atoms with Crippen LogP contribution in [0, 0.1) is 17.8 Å². The number of aromatic amines is 1. The molecule has 13 heteroatoms. The summed E-state index contributed by atoms with van der Waals surface area (Å²) in [4.78, 5) is 67.2. The Morgan fingerprint density at radius 1 is 1.00 bits per heavy atom. The van der Waals surface area contributed by atoms with Crippen LogP contribution < -0.4 is 10.6 Å². The molecule has 3 unspecified atom stereocenters. The molecule has 3 aromatic heterocycles. The Labute approximate surface area is 295 Å². The number of halogens is 1. The van der Waals surface area contributed by atoms with Gasteiger partial charge in [-0.15, -0.1) is 0 Å². The van der Waals surface area contributed by atoms with Crippen LogP contribution >= 0.6 is 11.6 Å². The number of rotatable bonds is 8. The van der Waals surface area contributed by atoms with Gasteiger partial charge in [-0.1, -0.05) is 61.3 Å². The molecule has 0 radical (unpaired) electrons. The van der Waals surface area contributed by atoms with Crippen LogP contribution in [-0.4, -0.2) is 92.6 Å². The van der Waals surface area contributed by atoms with Crippen molar-refractivity contribution in [2.24, 2.45) is 17.8 Å². The molecule has 0 saturated carbocycles. The summed E-state index contributed by atoms with van der Waals surface area (Å²) >= 11 is 6.11. The standard InChI is InChI=1S/C28H29ClN8O4.C9H12/c1-30-24(38)10-33-26(40)22-15-36(25(39)6-16-8-32-23-7-19(29)2-3-20(16)23)12-18-13-37(14-21(18)22)27(41)17-9-34-28-31-4-5-35(28)11-17;1-2-6-9-7-4-3-5-8-9/h2-5,7-9,11,18,21-22,32H,6,10,12-15H2,1H3,(H,30,38)(H,33,40);3-5,7-8H,2,6H2,1H3. The Balaban J connectivity index is 0.000000419. The van der Waals surface area contributed by atoms with Crippen LogP contribution in [0.15, 0.2) is 79.5 Å². The molecule has 12 nitrogen and oxygen atoms in total. The van der Waals surface area contributed by atoms with Gasteiger partial charge in [0.15, 0.2) is 0 Å². The van der Waals surface area contributed by atoms with Crippen molar-refractivity contribution in [3.05, 3.63) is 101 Å². The highest BCUT2D eigenvalue weighted by molar-refractivity contribution is 6.31. The number of likely N-dealkylation sites (N-methyl/N-ethyl adjacent to an activating group) is 1. The van der Waals surface area contributed by atoms with E-state index in [1.54, 1.807) is 45.1 Å². The molecule has 2 saturated heterocycles. The number of imidazole rings is 1. The molecule has 2 fully saturated rings. The summed E-state index contributed by atoms with van der Waals surface area (Å²) in [5.74, 6) is -1.26. The number of hydrogen-bond donors (Lipinski definition) is 3. The smallest absolute Gasteiger partial charge is 0.256 e. The first-order chi connectivity index (χ1) is 24.2. The number of nitrogens with zero attached hydrogens (tertiary/aromatic N) is 5. The number of piperidine rings is 1. The van der Waals surface area contributed by atoms with Crippen molar-refractivity contribution in [2.75, 3.05) is 39.8 Å². The highest BCUT2D eigenvalue weighted by Gasteiger charge is 2.48. The minimum Gasteiger partial charge on any atom is -0.361 e. The van der Waals surface area contributed by atoms with Gasteiger partial charge in [-0.25, -0.2) is 9.97 Å². The van der Waals surface area contributed by atoms with E-state index in [4.69, 9.17) is 11.6 Å². The highest BCUT2D eigenvalue weighted by atomic mass is 35.5. The van der Waals surface area contributed by atoms with E-state index in [1.165, 1.54) is 31.6 Å². The van der Waals surface area contributed by atoms with Crippen LogP contribution in [0.3, 0.4) is 0 Å². The summed E-state index contributed by atoms with van der Waals surface area (Å²) in [5, 5.41) is 6.73. The first-order valence-corrected chi connectivity index (χ1v) is 17.2. The van der Waals surface area contributed by atoms with Crippen LogP contribution in [0.1, 0.15) is 34.8 Å². The van der Waals surface area contributed by atoms with Crippen LogP contribution in [0.25, 0.3) is 16.7 Å². The lowest BCUT2D eigenvalue weighted by molar-refractivity contribution is -0.139. The van der Waals surface area contributed by atoms with E-state index in [9.17, 15) is 19.2 Å². The Hall–Kier alpha value is -5.23. The van der Waals surface area contributed by atoms with Gasteiger partial charge in [0.1, 0.15) is 0 Å². The minimum absolute atomic E-state index is 0.0980. The number of likely N-dealkylation sites (tertiary alicyclic amines) is 2. The lowest BCUT2D eigenvalue weighted by Gasteiger charge is -2.39. The molecule has 2 aliphatic heterocycles. The zero-order valence-corrected chi connectivity index (χ0v) is 28.9. The van der Waals surface area contributed by atoms with Gasteiger partial charge < -0.3 is 25.4 Å². The molecule has 0 aliphatic carbocycles. The van der Waals surface area contributed by atoms with Crippen LogP contribution in [0.5, 0.6) is 0 Å². The maximum atomic E-state index is 13.6. The van der Waals surface area contributed by atoms with Crippen molar-refractivity contribution in [2.45, 2.75) is 26.2 Å². The molecule has 50 heavy (non-hydrogen) atoms. The number of aryl methyl sites for hydroxylation is 1. The van der Waals surface area contributed by atoms with E-state index >= 15 is 0 Å². The molecule has 5 heterocycles. The third-order valence-corrected chi connectivity index (χ3v) is 9.74. The Kier molecular flexibility index (Phi) is 10.8.